The summed E-state index contributed by atoms with van der Waals surface area (Å²) >= 11 is 0. The second-order valence-corrected chi connectivity index (χ2v) is 4.37. The first-order valence-corrected chi connectivity index (χ1v) is 4.91. The van der Waals surface area contributed by atoms with Crippen LogP contribution in [0.2, 0.25) is 0 Å². The van der Waals surface area contributed by atoms with Crippen molar-refractivity contribution < 1.29 is 15.0 Å². The zero-order valence-corrected chi connectivity index (χ0v) is 8.29. The molecule has 1 rings (SSSR count). The number of hydrogen-bond acceptors (Lipinski definition) is 2. The van der Waals surface area contributed by atoms with E-state index < -0.39 is 11.6 Å². The van der Waals surface area contributed by atoms with E-state index in [4.69, 9.17) is 5.11 Å². The average Bonchev–Trinajstić information content (AvgIpc) is 2.04. The van der Waals surface area contributed by atoms with Crippen LogP contribution >= 0.6 is 0 Å². The maximum Gasteiger partial charge on any atom is 0.306 e. The number of carboxylic acids is 1. The highest BCUT2D eigenvalue weighted by molar-refractivity contribution is 5.70. The Hall–Kier alpha value is -0.570. The largest absolute Gasteiger partial charge is 0.481 e. The van der Waals surface area contributed by atoms with E-state index in [2.05, 4.69) is 0 Å². The first kappa shape index (κ1) is 10.5. The molecule has 1 fully saturated rings. The van der Waals surface area contributed by atoms with Crippen LogP contribution in [0.1, 0.15) is 39.5 Å². The molecule has 0 radical (unpaired) electrons. The maximum atomic E-state index is 10.7. The van der Waals surface area contributed by atoms with Crippen molar-refractivity contribution in [2.45, 2.75) is 45.1 Å². The summed E-state index contributed by atoms with van der Waals surface area (Å²) < 4.78 is 0. The van der Waals surface area contributed by atoms with Gasteiger partial charge in [-0.2, -0.15) is 0 Å². The van der Waals surface area contributed by atoms with Crippen LogP contribution in [-0.4, -0.2) is 21.8 Å². The molecule has 0 aromatic heterocycles. The van der Waals surface area contributed by atoms with Crippen LogP contribution in [0.4, 0.5) is 0 Å². The molecule has 3 nitrogen and oxygen atoms in total. The molecule has 0 saturated heterocycles. The van der Waals surface area contributed by atoms with Gasteiger partial charge in [-0.1, -0.05) is 13.8 Å². The van der Waals surface area contributed by atoms with E-state index in [1.165, 1.54) is 0 Å². The molecule has 0 aromatic carbocycles. The zero-order valence-electron chi connectivity index (χ0n) is 8.29. The molecule has 1 aliphatic rings. The molecule has 13 heavy (non-hydrogen) atoms. The van der Waals surface area contributed by atoms with E-state index in [1.54, 1.807) is 0 Å². The fraction of sp³-hybridized carbons (Fsp3) is 0.900. The molecule has 0 heterocycles. The maximum absolute atomic E-state index is 10.7. The summed E-state index contributed by atoms with van der Waals surface area (Å²) in [5.74, 6) is -0.730. The van der Waals surface area contributed by atoms with Gasteiger partial charge in [0.15, 0.2) is 0 Å². The molecule has 0 bridgehead atoms. The van der Waals surface area contributed by atoms with Crippen LogP contribution in [0.15, 0.2) is 0 Å². The molecule has 0 amide bonds. The third-order valence-electron chi connectivity index (χ3n) is 3.28. The molecule has 0 spiro atoms. The Bertz CT molecular complexity index is 190. The first-order chi connectivity index (χ1) is 5.96. The molecule has 0 atom stereocenters. The molecule has 2 N–H and O–H groups in total. The third kappa shape index (κ3) is 2.21. The van der Waals surface area contributed by atoms with Crippen molar-refractivity contribution in [2.24, 2.45) is 11.8 Å². The van der Waals surface area contributed by atoms with Gasteiger partial charge in [0.05, 0.1) is 11.5 Å². The fourth-order valence-electron chi connectivity index (χ4n) is 1.94. The van der Waals surface area contributed by atoms with Crippen molar-refractivity contribution in [3.63, 3.8) is 0 Å². The Morgan fingerprint density at radius 1 is 1.38 bits per heavy atom. The van der Waals surface area contributed by atoms with Crippen molar-refractivity contribution in [3.05, 3.63) is 0 Å². The van der Waals surface area contributed by atoms with E-state index in [9.17, 15) is 9.90 Å². The van der Waals surface area contributed by atoms with Crippen molar-refractivity contribution in [3.8, 4) is 0 Å². The Balaban J connectivity index is 2.51. The quantitative estimate of drug-likeness (QED) is 0.689. The SMILES string of the molecule is CC(C)C1(O)CCC(C(=O)O)CC1. The van der Waals surface area contributed by atoms with E-state index in [1.807, 2.05) is 13.8 Å². The lowest BCUT2D eigenvalue weighted by atomic mass is 9.73. The summed E-state index contributed by atoms with van der Waals surface area (Å²) in [6.07, 6.45) is 2.48. The van der Waals surface area contributed by atoms with Crippen LogP contribution in [-0.2, 0) is 4.79 Å². The van der Waals surface area contributed by atoms with Crippen molar-refractivity contribution in [1.82, 2.24) is 0 Å². The minimum Gasteiger partial charge on any atom is -0.481 e. The van der Waals surface area contributed by atoms with Crippen molar-refractivity contribution >= 4 is 5.97 Å². The fourth-order valence-corrected chi connectivity index (χ4v) is 1.94. The highest BCUT2D eigenvalue weighted by atomic mass is 16.4. The number of rotatable bonds is 2. The van der Waals surface area contributed by atoms with Gasteiger partial charge in [-0.25, -0.2) is 0 Å². The highest BCUT2D eigenvalue weighted by Crippen LogP contribution is 2.36. The number of carbonyl (C=O) groups is 1. The van der Waals surface area contributed by atoms with Crippen LogP contribution in [0.25, 0.3) is 0 Å². The first-order valence-electron chi connectivity index (χ1n) is 4.91. The Morgan fingerprint density at radius 3 is 2.15 bits per heavy atom. The molecule has 3 heteroatoms. The summed E-state index contributed by atoms with van der Waals surface area (Å²) in [6.45, 7) is 3.97. The minimum atomic E-state index is -0.717. The van der Waals surface area contributed by atoms with Crippen LogP contribution in [0.3, 0.4) is 0 Å². The molecule has 0 aliphatic heterocycles. The predicted molar refractivity (Wildman–Crippen MR) is 49.4 cm³/mol. The van der Waals surface area contributed by atoms with E-state index in [0.29, 0.717) is 25.7 Å². The smallest absolute Gasteiger partial charge is 0.306 e. The lowest BCUT2D eigenvalue weighted by molar-refractivity contribution is -0.145. The normalized spacial score (nSPS) is 34.9. The number of aliphatic hydroxyl groups is 1. The van der Waals surface area contributed by atoms with Gasteiger partial charge in [0, 0.05) is 0 Å². The molecule has 1 saturated carbocycles. The van der Waals surface area contributed by atoms with Gasteiger partial charge in [0.25, 0.3) is 0 Å². The van der Waals surface area contributed by atoms with Gasteiger partial charge >= 0.3 is 5.97 Å². The minimum absolute atomic E-state index is 0.224. The summed E-state index contributed by atoms with van der Waals surface area (Å²) in [5, 5.41) is 18.8. The lowest BCUT2D eigenvalue weighted by Crippen LogP contribution is -2.40. The predicted octanol–water partition coefficient (Wildman–Crippen LogP) is 1.65. The van der Waals surface area contributed by atoms with Gasteiger partial charge in [0.1, 0.15) is 0 Å². The Morgan fingerprint density at radius 2 is 1.85 bits per heavy atom. The van der Waals surface area contributed by atoms with Crippen LogP contribution in [0.5, 0.6) is 0 Å². The van der Waals surface area contributed by atoms with Crippen molar-refractivity contribution in [2.75, 3.05) is 0 Å². The van der Waals surface area contributed by atoms with Gasteiger partial charge in [-0.05, 0) is 31.6 Å². The number of carboxylic acid groups (broad SMARTS) is 1. The average molecular weight is 186 g/mol. The monoisotopic (exact) mass is 186 g/mol. The molecule has 0 unspecified atom stereocenters. The zero-order chi connectivity index (χ0) is 10.1. The third-order valence-corrected chi connectivity index (χ3v) is 3.28. The number of aliphatic carboxylic acids is 1. The molecule has 0 aromatic rings. The van der Waals surface area contributed by atoms with E-state index >= 15 is 0 Å². The summed E-state index contributed by atoms with van der Waals surface area (Å²) in [6, 6.07) is 0. The standard InChI is InChI=1S/C10H18O3/c1-7(2)10(13)5-3-8(4-6-10)9(11)12/h7-8,13H,3-6H2,1-2H3,(H,11,12). The molecule has 76 valence electrons. The highest BCUT2D eigenvalue weighted by Gasteiger charge is 2.37. The molecular formula is C10H18O3. The Labute approximate surface area is 78.8 Å². The van der Waals surface area contributed by atoms with Crippen LogP contribution in [0, 0.1) is 11.8 Å². The molecular weight excluding hydrogens is 168 g/mol. The summed E-state index contributed by atoms with van der Waals surface area (Å²) in [5.41, 5.74) is -0.619. The van der Waals surface area contributed by atoms with E-state index in [-0.39, 0.29) is 11.8 Å². The molecule has 1 aliphatic carbocycles. The van der Waals surface area contributed by atoms with Crippen molar-refractivity contribution in [1.29, 1.82) is 0 Å². The van der Waals surface area contributed by atoms with Gasteiger partial charge < -0.3 is 10.2 Å². The van der Waals surface area contributed by atoms with Gasteiger partial charge in [0.2, 0.25) is 0 Å². The van der Waals surface area contributed by atoms with Crippen LogP contribution < -0.4 is 0 Å². The van der Waals surface area contributed by atoms with Gasteiger partial charge in [-0.3, -0.25) is 4.79 Å². The summed E-state index contributed by atoms with van der Waals surface area (Å²) in [4.78, 5) is 10.7. The number of hydrogen-bond donors (Lipinski definition) is 2. The lowest BCUT2D eigenvalue weighted by Gasteiger charge is -2.37. The topological polar surface area (TPSA) is 57.5 Å². The second-order valence-electron chi connectivity index (χ2n) is 4.37. The second kappa shape index (κ2) is 3.66. The Kier molecular flexibility index (Phi) is 2.96. The van der Waals surface area contributed by atoms with E-state index in [0.717, 1.165) is 0 Å². The summed E-state index contributed by atoms with van der Waals surface area (Å²) in [7, 11) is 0. The van der Waals surface area contributed by atoms with Gasteiger partial charge in [-0.15, -0.1) is 0 Å².